The normalized spacial score (nSPS) is 12.6. The molecule has 1 aromatic carbocycles. The number of carbonyl (C=O) groups excluding carboxylic acids is 2. The van der Waals surface area contributed by atoms with Gasteiger partial charge in [0.1, 0.15) is 0 Å². The van der Waals surface area contributed by atoms with Gasteiger partial charge < -0.3 is 16.0 Å². The van der Waals surface area contributed by atoms with Crippen LogP contribution in [0.3, 0.4) is 0 Å². The molecule has 0 saturated carbocycles. The van der Waals surface area contributed by atoms with E-state index in [1.165, 1.54) is 0 Å². The molecule has 3 rings (SSSR count). The first-order valence-corrected chi connectivity index (χ1v) is 8.09. The van der Waals surface area contributed by atoms with Crippen molar-refractivity contribution < 1.29 is 9.59 Å². The smallest absolute Gasteiger partial charge is 0.272 e. The van der Waals surface area contributed by atoms with Crippen LogP contribution in [-0.4, -0.2) is 41.6 Å². The van der Waals surface area contributed by atoms with E-state index in [0.717, 1.165) is 36.2 Å². The molecule has 1 aliphatic rings. The number of hydrogen-bond acceptors (Lipinski definition) is 4. The maximum Gasteiger partial charge on any atom is 0.272 e. The van der Waals surface area contributed by atoms with E-state index >= 15 is 0 Å². The van der Waals surface area contributed by atoms with Crippen molar-refractivity contribution >= 4 is 24.2 Å². The molecule has 2 aromatic rings. The Morgan fingerprint density at radius 1 is 1.16 bits per heavy atom. The summed E-state index contributed by atoms with van der Waals surface area (Å²) >= 11 is 0. The molecule has 2 amide bonds. The molecule has 1 aromatic heterocycles. The van der Waals surface area contributed by atoms with Gasteiger partial charge in [-0.3, -0.25) is 14.7 Å². The quantitative estimate of drug-likeness (QED) is 0.603. The fourth-order valence-electron chi connectivity index (χ4n) is 2.71. The van der Waals surface area contributed by atoms with Gasteiger partial charge in [-0.15, -0.1) is 12.4 Å². The van der Waals surface area contributed by atoms with E-state index in [0.29, 0.717) is 18.8 Å². The first kappa shape index (κ1) is 19.0. The van der Waals surface area contributed by atoms with Crippen molar-refractivity contribution in [3.63, 3.8) is 0 Å². The Bertz CT molecular complexity index is 717. The first-order valence-electron chi connectivity index (χ1n) is 8.09. The highest BCUT2D eigenvalue weighted by atomic mass is 35.5. The van der Waals surface area contributed by atoms with E-state index in [4.69, 9.17) is 0 Å². The van der Waals surface area contributed by atoms with Crippen LogP contribution in [0.25, 0.3) is 0 Å². The Balaban J connectivity index is 0.00000225. The number of fused-ring (bicyclic) bond motifs is 1. The molecule has 0 radical (unpaired) electrons. The SMILES string of the molecule is Cl.O=C(CNC(=O)c1n[nH]c2c1CNCC2)NCCc1ccccc1. The van der Waals surface area contributed by atoms with Gasteiger partial charge in [0.25, 0.3) is 5.91 Å². The van der Waals surface area contributed by atoms with E-state index in [1.54, 1.807) is 0 Å². The monoisotopic (exact) mass is 363 g/mol. The number of aromatic amines is 1. The number of halogens is 1. The van der Waals surface area contributed by atoms with Gasteiger partial charge in [0.15, 0.2) is 5.69 Å². The van der Waals surface area contributed by atoms with Crippen molar-refractivity contribution in [1.82, 2.24) is 26.1 Å². The number of rotatable bonds is 6. The predicted molar refractivity (Wildman–Crippen MR) is 96.7 cm³/mol. The summed E-state index contributed by atoms with van der Waals surface area (Å²) in [7, 11) is 0. The van der Waals surface area contributed by atoms with Crippen LogP contribution in [0, 0.1) is 0 Å². The minimum Gasteiger partial charge on any atom is -0.354 e. The number of H-pyrrole nitrogens is 1. The van der Waals surface area contributed by atoms with Crippen molar-refractivity contribution in [1.29, 1.82) is 0 Å². The first-order chi connectivity index (χ1) is 11.7. The zero-order chi connectivity index (χ0) is 16.8. The molecule has 2 heterocycles. The predicted octanol–water partition coefficient (Wildman–Crippen LogP) is 0.566. The molecule has 4 N–H and O–H groups in total. The molecule has 7 nitrogen and oxygen atoms in total. The molecule has 1 aliphatic heterocycles. The van der Waals surface area contributed by atoms with E-state index in [-0.39, 0.29) is 30.8 Å². The molecule has 134 valence electrons. The van der Waals surface area contributed by atoms with Gasteiger partial charge in [-0.25, -0.2) is 0 Å². The Morgan fingerprint density at radius 2 is 1.96 bits per heavy atom. The van der Waals surface area contributed by atoms with Crippen LogP contribution >= 0.6 is 12.4 Å². The summed E-state index contributed by atoms with van der Waals surface area (Å²) in [5, 5.41) is 15.6. The Kier molecular flexibility index (Phi) is 6.97. The summed E-state index contributed by atoms with van der Waals surface area (Å²) in [6.45, 7) is 1.99. The van der Waals surface area contributed by atoms with E-state index in [9.17, 15) is 9.59 Å². The van der Waals surface area contributed by atoms with Gasteiger partial charge in [0.2, 0.25) is 5.91 Å². The maximum absolute atomic E-state index is 12.2. The van der Waals surface area contributed by atoms with Crippen molar-refractivity contribution in [3.8, 4) is 0 Å². The molecule has 8 heteroatoms. The molecule has 25 heavy (non-hydrogen) atoms. The zero-order valence-electron chi connectivity index (χ0n) is 13.8. The third kappa shape index (κ3) is 5.04. The van der Waals surface area contributed by atoms with Gasteiger partial charge in [-0.2, -0.15) is 5.10 Å². The van der Waals surface area contributed by atoms with Crippen LogP contribution in [0.4, 0.5) is 0 Å². The number of amides is 2. The second kappa shape index (κ2) is 9.19. The number of carbonyl (C=O) groups is 2. The minimum atomic E-state index is -0.325. The number of nitrogens with zero attached hydrogens (tertiary/aromatic N) is 1. The third-order valence-electron chi connectivity index (χ3n) is 4.01. The molecule has 0 aliphatic carbocycles. The van der Waals surface area contributed by atoms with Gasteiger partial charge >= 0.3 is 0 Å². The van der Waals surface area contributed by atoms with E-state index < -0.39 is 0 Å². The lowest BCUT2D eigenvalue weighted by atomic mass is 10.1. The molecule has 0 bridgehead atoms. The Hall–Kier alpha value is -2.38. The molecule has 0 fully saturated rings. The highest BCUT2D eigenvalue weighted by molar-refractivity contribution is 5.96. The standard InChI is InChI=1S/C17H21N5O2.ClH/c23-15(19-9-6-12-4-2-1-3-5-12)11-20-17(24)16-13-10-18-8-7-14(13)21-22-16;/h1-5,18H,6-11H2,(H,19,23)(H,20,24)(H,21,22);1H. The second-order valence-electron chi connectivity index (χ2n) is 5.72. The average Bonchev–Trinajstić information content (AvgIpc) is 3.05. The molecule has 0 atom stereocenters. The highest BCUT2D eigenvalue weighted by Gasteiger charge is 2.21. The summed E-state index contributed by atoms with van der Waals surface area (Å²) in [5.41, 5.74) is 3.42. The topological polar surface area (TPSA) is 98.9 Å². The molecule has 0 unspecified atom stereocenters. The number of benzene rings is 1. The van der Waals surface area contributed by atoms with Crippen molar-refractivity contribution in [2.75, 3.05) is 19.6 Å². The van der Waals surface area contributed by atoms with Crippen LogP contribution in [0.1, 0.15) is 27.3 Å². The van der Waals surface area contributed by atoms with Gasteiger partial charge in [0, 0.05) is 37.3 Å². The van der Waals surface area contributed by atoms with Crippen LogP contribution in [0.15, 0.2) is 30.3 Å². The summed E-state index contributed by atoms with van der Waals surface area (Å²) < 4.78 is 0. The number of hydrogen-bond donors (Lipinski definition) is 4. The molecular formula is C17H22ClN5O2. The Labute approximate surface area is 152 Å². The third-order valence-corrected chi connectivity index (χ3v) is 4.01. The Morgan fingerprint density at radius 3 is 2.76 bits per heavy atom. The van der Waals surface area contributed by atoms with E-state index in [1.807, 2.05) is 30.3 Å². The molecule has 0 spiro atoms. The van der Waals surface area contributed by atoms with Gasteiger partial charge in [0.05, 0.1) is 6.54 Å². The maximum atomic E-state index is 12.2. The summed E-state index contributed by atoms with van der Waals surface area (Å²) in [6, 6.07) is 9.93. The van der Waals surface area contributed by atoms with E-state index in [2.05, 4.69) is 26.1 Å². The van der Waals surface area contributed by atoms with Crippen molar-refractivity contribution in [2.45, 2.75) is 19.4 Å². The minimum absolute atomic E-state index is 0. The largest absolute Gasteiger partial charge is 0.354 e. The van der Waals surface area contributed by atoms with Crippen molar-refractivity contribution in [2.24, 2.45) is 0 Å². The second-order valence-corrected chi connectivity index (χ2v) is 5.72. The van der Waals surface area contributed by atoms with Crippen LogP contribution in [0.2, 0.25) is 0 Å². The highest BCUT2D eigenvalue weighted by Crippen LogP contribution is 2.14. The van der Waals surface area contributed by atoms with Gasteiger partial charge in [-0.1, -0.05) is 30.3 Å². The lowest BCUT2D eigenvalue weighted by molar-refractivity contribution is -0.120. The summed E-state index contributed by atoms with van der Waals surface area (Å²) in [4.78, 5) is 24.0. The van der Waals surface area contributed by atoms with Crippen molar-refractivity contribution in [3.05, 3.63) is 52.8 Å². The van der Waals surface area contributed by atoms with Crippen LogP contribution < -0.4 is 16.0 Å². The molecule has 0 saturated heterocycles. The van der Waals surface area contributed by atoms with Gasteiger partial charge in [-0.05, 0) is 12.0 Å². The number of nitrogens with one attached hydrogen (secondary N) is 4. The molecular weight excluding hydrogens is 342 g/mol. The fourth-order valence-corrected chi connectivity index (χ4v) is 2.71. The average molecular weight is 364 g/mol. The van der Waals surface area contributed by atoms with Crippen LogP contribution in [0.5, 0.6) is 0 Å². The summed E-state index contributed by atoms with van der Waals surface area (Å²) in [6.07, 6.45) is 1.59. The fraction of sp³-hybridized carbons (Fsp3) is 0.353. The zero-order valence-corrected chi connectivity index (χ0v) is 14.6. The number of aromatic nitrogens is 2. The van der Waals surface area contributed by atoms with Crippen LogP contribution in [-0.2, 0) is 24.2 Å². The summed E-state index contributed by atoms with van der Waals surface area (Å²) in [5.74, 6) is -0.531. The lowest BCUT2D eigenvalue weighted by Gasteiger charge is -2.12. The lowest BCUT2D eigenvalue weighted by Crippen LogP contribution is -2.38.